The highest BCUT2D eigenvalue weighted by Gasteiger charge is 2.48. The van der Waals surface area contributed by atoms with Crippen molar-refractivity contribution in [3.05, 3.63) is 0 Å². The van der Waals surface area contributed by atoms with E-state index in [4.69, 9.17) is 15.1 Å². The maximum absolute atomic E-state index is 8.72. The van der Waals surface area contributed by atoms with Crippen LogP contribution in [0.25, 0.3) is 0 Å². The molecular weight excluding hydrogens is 206 g/mol. The van der Waals surface area contributed by atoms with Gasteiger partial charge in [-0.2, -0.15) is 0 Å². The second kappa shape index (κ2) is 5.00. The fourth-order valence-corrected chi connectivity index (χ4v) is 2.62. The number of aliphatic hydroxyl groups excluding tert-OH is 1. The topological polar surface area (TPSA) is 55.6 Å². The van der Waals surface area contributed by atoms with E-state index in [2.05, 4.69) is 27.7 Å². The number of ether oxygens (including phenoxy) is 1. The predicted molar refractivity (Wildman–Crippen MR) is 64.3 cm³/mol. The van der Waals surface area contributed by atoms with Gasteiger partial charge in [0.1, 0.15) is 0 Å². The van der Waals surface area contributed by atoms with Crippen molar-refractivity contribution in [3.8, 4) is 0 Å². The molecular formula is C12H26NO3+. The Labute approximate surface area is 98.2 Å². The molecule has 0 aromatic carbocycles. The van der Waals surface area contributed by atoms with Crippen LogP contribution in [0.4, 0.5) is 0 Å². The lowest BCUT2D eigenvalue weighted by Crippen LogP contribution is -2.60. The molecule has 1 fully saturated rings. The Morgan fingerprint density at radius 3 is 2.19 bits per heavy atom. The number of piperidine rings is 1. The largest absolute Gasteiger partial charge is 0.396 e. The third kappa shape index (κ3) is 3.17. The molecule has 0 aliphatic carbocycles. The van der Waals surface area contributed by atoms with E-state index < -0.39 is 0 Å². The second-order valence-electron chi connectivity index (χ2n) is 5.94. The first-order valence-corrected chi connectivity index (χ1v) is 6.04. The number of hydrogen-bond acceptors (Lipinski definition) is 3. The van der Waals surface area contributed by atoms with E-state index in [1.807, 2.05) is 0 Å². The van der Waals surface area contributed by atoms with E-state index in [0.717, 1.165) is 12.8 Å². The minimum Gasteiger partial charge on any atom is -0.396 e. The summed E-state index contributed by atoms with van der Waals surface area (Å²) >= 11 is 0. The van der Waals surface area contributed by atoms with Crippen molar-refractivity contribution >= 4 is 0 Å². The van der Waals surface area contributed by atoms with E-state index in [0.29, 0.717) is 13.0 Å². The zero-order chi connectivity index (χ0) is 12.4. The van der Waals surface area contributed by atoms with E-state index in [1.54, 1.807) is 5.06 Å². The molecule has 1 heterocycles. The van der Waals surface area contributed by atoms with Gasteiger partial charge in [-0.15, -0.1) is 0 Å². The van der Waals surface area contributed by atoms with Gasteiger partial charge in [-0.3, -0.25) is 0 Å². The number of aliphatic hydroxyl groups is 1. The maximum Gasteiger partial charge on any atom is 0.0859 e. The molecule has 4 nitrogen and oxygen atoms in total. The SMILES string of the molecule is CC1(C)CC(OCCCO)CC(C)(C)N1[OH2+]. The van der Waals surface area contributed by atoms with Crippen LogP contribution in [0.5, 0.6) is 0 Å². The molecule has 0 bridgehead atoms. The highest BCUT2D eigenvalue weighted by Crippen LogP contribution is 2.37. The van der Waals surface area contributed by atoms with Crippen LogP contribution in [0.3, 0.4) is 0 Å². The van der Waals surface area contributed by atoms with Gasteiger partial charge in [0.2, 0.25) is 0 Å². The smallest absolute Gasteiger partial charge is 0.0859 e. The van der Waals surface area contributed by atoms with Crippen LogP contribution in [0, 0.1) is 0 Å². The molecule has 0 spiro atoms. The zero-order valence-corrected chi connectivity index (χ0v) is 10.9. The molecule has 0 aromatic heterocycles. The monoisotopic (exact) mass is 232 g/mol. The summed E-state index contributed by atoms with van der Waals surface area (Å²) in [7, 11) is 0. The number of rotatable bonds is 4. The quantitative estimate of drug-likeness (QED) is 0.582. The van der Waals surface area contributed by atoms with Crippen LogP contribution in [-0.2, 0) is 4.74 Å². The molecule has 0 saturated carbocycles. The van der Waals surface area contributed by atoms with E-state index in [9.17, 15) is 0 Å². The van der Waals surface area contributed by atoms with Gasteiger partial charge in [0, 0.05) is 13.2 Å². The Bertz CT molecular complexity index is 210. The van der Waals surface area contributed by atoms with Crippen molar-refractivity contribution < 1.29 is 15.1 Å². The first-order chi connectivity index (χ1) is 7.29. The van der Waals surface area contributed by atoms with Crippen LogP contribution < -0.4 is 0 Å². The third-order valence-electron chi connectivity index (χ3n) is 3.32. The predicted octanol–water partition coefficient (Wildman–Crippen LogP) is 1.05. The fourth-order valence-electron chi connectivity index (χ4n) is 2.62. The molecule has 0 unspecified atom stereocenters. The summed E-state index contributed by atoms with van der Waals surface area (Å²) in [5, 5.41) is 18.5. The van der Waals surface area contributed by atoms with Gasteiger partial charge in [-0.25, -0.2) is 0 Å². The van der Waals surface area contributed by atoms with Crippen LogP contribution in [0.1, 0.15) is 47.0 Å². The maximum atomic E-state index is 8.72. The highest BCUT2D eigenvalue weighted by atomic mass is 16.5. The number of nitrogens with zero attached hydrogens (tertiary/aromatic N) is 1. The molecule has 16 heavy (non-hydrogen) atoms. The average molecular weight is 232 g/mol. The zero-order valence-electron chi connectivity index (χ0n) is 10.9. The molecule has 3 N–H and O–H groups in total. The Balaban J connectivity index is 2.57. The van der Waals surface area contributed by atoms with Crippen molar-refractivity contribution in [1.82, 2.24) is 5.06 Å². The third-order valence-corrected chi connectivity index (χ3v) is 3.32. The van der Waals surface area contributed by atoms with E-state index in [-0.39, 0.29) is 23.8 Å². The first-order valence-electron chi connectivity index (χ1n) is 6.04. The molecule has 0 radical (unpaired) electrons. The molecule has 96 valence electrons. The summed E-state index contributed by atoms with van der Waals surface area (Å²) in [5.74, 6) is 0. The molecule has 0 amide bonds. The van der Waals surface area contributed by atoms with Crippen LogP contribution in [-0.4, -0.2) is 45.8 Å². The minimum atomic E-state index is -0.147. The summed E-state index contributed by atoms with van der Waals surface area (Å²) in [5.41, 5.74) is -0.294. The van der Waals surface area contributed by atoms with Crippen LogP contribution in [0.2, 0.25) is 0 Å². The summed E-state index contributed by atoms with van der Waals surface area (Å²) in [6.45, 7) is 9.15. The minimum absolute atomic E-state index is 0.147. The van der Waals surface area contributed by atoms with Gasteiger partial charge in [-0.1, -0.05) is 5.06 Å². The van der Waals surface area contributed by atoms with Crippen LogP contribution >= 0.6 is 0 Å². The van der Waals surface area contributed by atoms with Crippen molar-refractivity contribution in [2.24, 2.45) is 0 Å². The van der Waals surface area contributed by atoms with Crippen molar-refractivity contribution in [2.75, 3.05) is 13.2 Å². The van der Waals surface area contributed by atoms with Gasteiger partial charge < -0.3 is 15.1 Å². The molecule has 1 aliphatic heterocycles. The van der Waals surface area contributed by atoms with Gasteiger partial charge in [0.15, 0.2) is 0 Å². The molecule has 1 rings (SSSR count). The van der Waals surface area contributed by atoms with Gasteiger partial charge in [-0.05, 0) is 47.0 Å². The summed E-state index contributed by atoms with van der Waals surface area (Å²) < 4.78 is 5.77. The molecule has 1 saturated heterocycles. The highest BCUT2D eigenvalue weighted by molar-refractivity contribution is 4.96. The lowest BCUT2D eigenvalue weighted by Gasteiger charge is -2.47. The lowest BCUT2D eigenvalue weighted by molar-refractivity contribution is -0.261. The first kappa shape index (κ1) is 13.9. The Morgan fingerprint density at radius 1 is 1.25 bits per heavy atom. The lowest BCUT2D eigenvalue weighted by atomic mass is 9.80. The van der Waals surface area contributed by atoms with E-state index >= 15 is 0 Å². The summed E-state index contributed by atoms with van der Waals surface area (Å²) in [6.07, 6.45) is 2.66. The van der Waals surface area contributed by atoms with Gasteiger partial charge >= 0.3 is 0 Å². The summed E-state index contributed by atoms with van der Waals surface area (Å²) in [6, 6.07) is 0. The average Bonchev–Trinajstić information content (AvgIpc) is 2.14. The molecule has 0 aromatic rings. The normalized spacial score (nSPS) is 25.9. The molecule has 4 heteroatoms. The number of hydrogen-bond donors (Lipinski definition) is 1. The number of hydroxylamine groups is 2. The fraction of sp³-hybridized carbons (Fsp3) is 1.00. The van der Waals surface area contributed by atoms with Crippen molar-refractivity contribution in [1.29, 1.82) is 0 Å². The Hall–Kier alpha value is -0.160. The Kier molecular flexibility index (Phi) is 4.35. The van der Waals surface area contributed by atoms with Crippen molar-refractivity contribution in [3.63, 3.8) is 0 Å². The van der Waals surface area contributed by atoms with Crippen LogP contribution in [0.15, 0.2) is 0 Å². The van der Waals surface area contributed by atoms with Crippen molar-refractivity contribution in [2.45, 2.75) is 64.1 Å². The summed E-state index contributed by atoms with van der Waals surface area (Å²) in [4.78, 5) is 0. The molecule has 1 aliphatic rings. The second-order valence-corrected chi connectivity index (χ2v) is 5.94. The van der Waals surface area contributed by atoms with Gasteiger partial charge in [0.25, 0.3) is 0 Å². The molecule has 0 atom stereocenters. The standard InChI is InChI=1S/C12H25NO3/c1-11(2)8-10(16-7-5-6-14)9-12(3,4)13(11)15/h10,14-15H,5-9H2,1-4H3/p+1. The van der Waals surface area contributed by atoms with Gasteiger partial charge in [0.05, 0.1) is 17.2 Å². The Morgan fingerprint density at radius 2 is 1.75 bits per heavy atom. The van der Waals surface area contributed by atoms with E-state index in [1.165, 1.54) is 0 Å².